The normalized spacial score (nSPS) is 12.3. The molecule has 0 unspecified atom stereocenters. The molecule has 0 spiro atoms. The number of benzene rings is 1. The van der Waals surface area contributed by atoms with Crippen molar-refractivity contribution in [3.05, 3.63) is 47.5 Å². The number of rotatable bonds is 2. The summed E-state index contributed by atoms with van der Waals surface area (Å²) in [5.41, 5.74) is 5.38. The Bertz CT molecular complexity index is 416. The van der Waals surface area contributed by atoms with E-state index in [9.17, 15) is 0 Å². The first kappa shape index (κ1) is 14.8. The highest BCUT2D eigenvalue weighted by atomic mass is 14.3. The van der Waals surface area contributed by atoms with Crippen molar-refractivity contribution in [1.82, 2.24) is 0 Å². The fraction of sp³-hybridized carbons (Fsp3) is 0.444. The van der Waals surface area contributed by atoms with Gasteiger partial charge in [0.15, 0.2) is 0 Å². The van der Waals surface area contributed by atoms with Crippen LogP contribution in [0, 0.1) is 0 Å². The Hall–Kier alpha value is -1.30. The zero-order valence-corrected chi connectivity index (χ0v) is 12.7. The molecule has 0 aliphatic heterocycles. The van der Waals surface area contributed by atoms with Gasteiger partial charge in [0.05, 0.1) is 0 Å². The fourth-order valence-corrected chi connectivity index (χ4v) is 2.27. The first-order chi connectivity index (χ1) is 8.11. The van der Waals surface area contributed by atoms with Crippen molar-refractivity contribution in [2.24, 2.45) is 0 Å². The number of hydrogen-bond acceptors (Lipinski definition) is 0. The van der Waals surface area contributed by atoms with Crippen LogP contribution in [0.1, 0.15) is 63.8 Å². The summed E-state index contributed by atoms with van der Waals surface area (Å²) in [5.74, 6) is 0. The van der Waals surface area contributed by atoms with E-state index in [0.29, 0.717) is 0 Å². The van der Waals surface area contributed by atoms with Crippen LogP contribution in [0.2, 0.25) is 0 Å². The summed E-state index contributed by atoms with van der Waals surface area (Å²) in [5, 5.41) is 0. The molecule has 0 saturated heterocycles. The summed E-state index contributed by atoms with van der Waals surface area (Å²) >= 11 is 0. The molecule has 0 heterocycles. The van der Waals surface area contributed by atoms with Gasteiger partial charge < -0.3 is 0 Å². The SMILES string of the molecule is C=Cc1cc(C(C)(C)C)c(C=C)cc1C(C)(C)C. The fourth-order valence-electron chi connectivity index (χ4n) is 2.27. The van der Waals surface area contributed by atoms with Gasteiger partial charge >= 0.3 is 0 Å². The topological polar surface area (TPSA) is 0 Å². The molecule has 0 bridgehead atoms. The van der Waals surface area contributed by atoms with Gasteiger partial charge in [-0.15, -0.1) is 0 Å². The Labute approximate surface area is 112 Å². The van der Waals surface area contributed by atoms with Crippen molar-refractivity contribution in [3.8, 4) is 0 Å². The minimum Gasteiger partial charge on any atom is -0.0985 e. The average Bonchev–Trinajstić information content (AvgIpc) is 2.24. The van der Waals surface area contributed by atoms with Crippen LogP contribution in [-0.4, -0.2) is 0 Å². The van der Waals surface area contributed by atoms with Gasteiger partial charge in [-0.1, -0.05) is 79.0 Å². The minimum absolute atomic E-state index is 0.123. The molecule has 0 atom stereocenters. The van der Waals surface area contributed by atoms with Gasteiger partial charge in [-0.3, -0.25) is 0 Å². The van der Waals surface area contributed by atoms with Crippen molar-refractivity contribution in [1.29, 1.82) is 0 Å². The highest BCUT2D eigenvalue weighted by molar-refractivity contribution is 5.64. The third kappa shape index (κ3) is 2.93. The molecule has 98 valence electrons. The van der Waals surface area contributed by atoms with Crippen molar-refractivity contribution in [2.75, 3.05) is 0 Å². The summed E-state index contributed by atoms with van der Waals surface area (Å²) in [6, 6.07) is 4.54. The van der Waals surface area contributed by atoms with Crippen LogP contribution in [0.25, 0.3) is 12.2 Å². The molecule has 1 aromatic carbocycles. The molecular formula is C18H26. The lowest BCUT2D eigenvalue weighted by atomic mass is 9.77. The van der Waals surface area contributed by atoms with E-state index in [1.807, 2.05) is 12.2 Å². The zero-order valence-electron chi connectivity index (χ0n) is 12.7. The Kier molecular flexibility index (Phi) is 3.90. The molecule has 0 aromatic heterocycles. The van der Waals surface area contributed by atoms with E-state index in [0.717, 1.165) is 0 Å². The largest absolute Gasteiger partial charge is 0.0985 e. The zero-order chi connectivity index (χ0) is 14.1. The first-order valence-corrected chi connectivity index (χ1v) is 6.55. The minimum atomic E-state index is 0.123. The summed E-state index contributed by atoms with van der Waals surface area (Å²) in [6.07, 6.45) is 3.92. The lowest BCUT2D eigenvalue weighted by Gasteiger charge is -2.28. The van der Waals surface area contributed by atoms with E-state index in [2.05, 4.69) is 66.8 Å². The van der Waals surface area contributed by atoms with Crippen molar-refractivity contribution >= 4 is 12.2 Å². The summed E-state index contributed by atoms with van der Waals surface area (Å²) in [6.45, 7) is 21.3. The maximum absolute atomic E-state index is 3.96. The van der Waals surface area contributed by atoms with E-state index in [4.69, 9.17) is 0 Å². The molecule has 0 radical (unpaired) electrons. The lowest BCUT2D eigenvalue weighted by molar-refractivity contribution is 0.575. The van der Waals surface area contributed by atoms with Gasteiger partial charge in [-0.2, -0.15) is 0 Å². The molecule has 0 heteroatoms. The molecule has 0 aliphatic carbocycles. The van der Waals surface area contributed by atoms with E-state index < -0.39 is 0 Å². The number of hydrogen-bond donors (Lipinski definition) is 0. The molecule has 0 amide bonds. The van der Waals surface area contributed by atoms with Crippen LogP contribution in [0.15, 0.2) is 25.3 Å². The van der Waals surface area contributed by atoms with Gasteiger partial charge in [0, 0.05) is 0 Å². The Morgan fingerprint density at radius 1 is 0.722 bits per heavy atom. The molecule has 0 N–H and O–H groups in total. The van der Waals surface area contributed by atoms with Crippen LogP contribution in [0.4, 0.5) is 0 Å². The molecule has 0 fully saturated rings. The molecule has 1 aromatic rings. The van der Waals surface area contributed by atoms with Gasteiger partial charge in [-0.25, -0.2) is 0 Å². The van der Waals surface area contributed by atoms with Crippen molar-refractivity contribution < 1.29 is 0 Å². The maximum atomic E-state index is 3.96. The van der Waals surface area contributed by atoms with E-state index in [1.54, 1.807) is 0 Å². The average molecular weight is 242 g/mol. The van der Waals surface area contributed by atoms with Crippen LogP contribution in [-0.2, 0) is 10.8 Å². The van der Waals surface area contributed by atoms with E-state index in [-0.39, 0.29) is 10.8 Å². The monoisotopic (exact) mass is 242 g/mol. The summed E-state index contributed by atoms with van der Waals surface area (Å²) in [4.78, 5) is 0. The van der Waals surface area contributed by atoms with Gasteiger partial charge in [0.25, 0.3) is 0 Å². The van der Waals surface area contributed by atoms with E-state index in [1.165, 1.54) is 22.3 Å². The highest BCUT2D eigenvalue weighted by Crippen LogP contribution is 2.34. The third-order valence-corrected chi connectivity index (χ3v) is 3.28. The Morgan fingerprint density at radius 2 is 1.00 bits per heavy atom. The second-order valence-corrected chi connectivity index (χ2v) is 6.93. The predicted octanol–water partition coefficient (Wildman–Crippen LogP) is 5.57. The molecule has 18 heavy (non-hydrogen) atoms. The predicted molar refractivity (Wildman–Crippen MR) is 84.0 cm³/mol. The van der Waals surface area contributed by atoms with Crippen molar-refractivity contribution in [3.63, 3.8) is 0 Å². The highest BCUT2D eigenvalue weighted by Gasteiger charge is 2.22. The van der Waals surface area contributed by atoms with Crippen molar-refractivity contribution in [2.45, 2.75) is 52.4 Å². The van der Waals surface area contributed by atoms with Gasteiger partial charge in [0.2, 0.25) is 0 Å². The molecule has 0 nitrogen and oxygen atoms in total. The molecule has 0 aliphatic rings. The quantitative estimate of drug-likeness (QED) is 0.636. The lowest BCUT2D eigenvalue weighted by Crippen LogP contribution is -2.18. The molecular weight excluding hydrogens is 216 g/mol. The third-order valence-electron chi connectivity index (χ3n) is 3.28. The summed E-state index contributed by atoms with van der Waals surface area (Å²) in [7, 11) is 0. The molecule has 0 saturated carbocycles. The van der Waals surface area contributed by atoms with Crippen LogP contribution in [0.5, 0.6) is 0 Å². The smallest absolute Gasteiger partial charge is 0.0126 e. The first-order valence-electron chi connectivity index (χ1n) is 6.55. The maximum Gasteiger partial charge on any atom is -0.0126 e. The standard InChI is InChI=1S/C18H26/c1-9-13-11-16(18(6,7)8)14(10-2)12-15(13)17(3,4)5/h9-12H,1-2H2,3-8H3. The summed E-state index contributed by atoms with van der Waals surface area (Å²) < 4.78 is 0. The van der Waals surface area contributed by atoms with Gasteiger partial charge in [0.1, 0.15) is 0 Å². The Morgan fingerprint density at radius 3 is 1.17 bits per heavy atom. The van der Waals surface area contributed by atoms with Gasteiger partial charge in [-0.05, 0) is 33.1 Å². The van der Waals surface area contributed by atoms with Crippen LogP contribution < -0.4 is 0 Å². The molecule has 1 rings (SSSR count). The second-order valence-electron chi connectivity index (χ2n) is 6.93. The Balaban J connectivity index is 3.63. The van der Waals surface area contributed by atoms with E-state index >= 15 is 0 Å². The van der Waals surface area contributed by atoms with Crippen LogP contribution in [0.3, 0.4) is 0 Å². The van der Waals surface area contributed by atoms with Crippen LogP contribution >= 0.6 is 0 Å². The second kappa shape index (κ2) is 4.76.